The first kappa shape index (κ1) is 15.4. The van der Waals surface area contributed by atoms with E-state index in [-0.39, 0.29) is 11.6 Å². The number of ether oxygens (including phenoxy) is 1. The Hall–Kier alpha value is -0.970. The van der Waals surface area contributed by atoms with Crippen LogP contribution in [0, 0.1) is 5.92 Å². The Labute approximate surface area is 122 Å². The first-order valence-electron chi connectivity index (χ1n) is 7.70. The summed E-state index contributed by atoms with van der Waals surface area (Å²) in [6.45, 7) is 5.10. The van der Waals surface area contributed by atoms with Gasteiger partial charge in [-0.1, -0.05) is 25.8 Å². The highest BCUT2D eigenvalue weighted by Gasteiger charge is 2.42. The molecule has 3 N–H and O–H groups in total. The summed E-state index contributed by atoms with van der Waals surface area (Å²) in [6.07, 6.45) is 7.29. The molecule has 20 heavy (non-hydrogen) atoms. The first-order chi connectivity index (χ1) is 9.70. The summed E-state index contributed by atoms with van der Waals surface area (Å²) in [4.78, 5) is 4.42. The van der Waals surface area contributed by atoms with Crippen LogP contribution in [0.4, 0.5) is 0 Å². The average molecular weight is 277 g/mol. The lowest BCUT2D eigenvalue weighted by Gasteiger charge is -2.45. The summed E-state index contributed by atoms with van der Waals surface area (Å²) >= 11 is 0. The molecule has 4 heteroatoms. The molecule has 4 nitrogen and oxygen atoms in total. The molecule has 0 saturated heterocycles. The zero-order chi connectivity index (χ0) is 14.4. The lowest BCUT2D eigenvalue weighted by Crippen LogP contribution is -2.58. The molecule has 1 aromatic heterocycles. The third-order valence-electron chi connectivity index (χ3n) is 4.40. The van der Waals surface area contributed by atoms with Crippen molar-refractivity contribution in [1.82, 2.24) is 10.4 Å². The Morgan fingerprint density at radius 3 is 3.00 bits per heavy atom. The number of nitrogens with two attached hydrogens (primary N) is 1. The van der Waals surface area contributed by atoms with E-state index in [2.05, 4.69) is 30.3 Å². The largest absolute Gasteiger partial charge is 0.374 e. The standard InChI is InChI=1S/C16H27N3O/c1-3-20-16(9-6-7-13(2)12-16)15(19-17)11-14-8-4-5-10-18-14/h4-5,8,10,13,15,19H,3,6-7,9,11-12,17H2,1-2H3. The predicted octanol–water partition coefficient (Wildman–Crippen LogP) is 2.44. The maximum absolute atomic E-state index is 6.20. The number of aromatic nitrogens is 1. The van der Waals surface area contributed by atoms with Gasteiger partial charge in [0, 0.05) is 24.9 Å². The average Bonchev–Trinajstić information content (AvgIpc) is 2.46. The third-order valence-corrected chi connectivity index (χ3v) is 4.40. The van der Waals surface area contributed by atoms with Crippen LogP contribution in [-0.2, 0) is 11.2 Å². The van der Waals surface area contributed by atoms with E-state index in [0.29, 0.717) is 5.92 Å². The Bertz CT molecular complexity index is 394. The van der Waals surface area contributed by atoms with E-state index in [9.17, 15) is 0 Å². The Kier molecular flexibility index (Phi) is 5.52. The highest BCUT2D eigenvalue weighted by Crippen LogP contribution is 2.38. The molecule has 0 spiro atoms. The van der Waals surface area contributed by atoms with Gasteiger partial charge in [0.2, 0.25) is 0 Å². The van der Waals surface area contributed by atoms with E-state index in [1.165, 1.54) is 12.8 Å². The van der Waals surface area contributed by atoms with Crippen LogP contribution in [0.1, 0.15) is 45.2 Å². The van der Waals surface area contributed by atoms with Crippen LogP contribution in [0.5, 0.6) is 0 Å². The lowest BCUT2D eigenvalue weighted by molar-refractivity contribution is -0.100. The zero-order valence-corrected chi connectivity index (χ0v) is 12.6. The van der Waals surface area contributed by atoms with E-state index in [4.69, 9.17) is 10.6 Å². The quantitative estimate of drug-likeness (QED) is 0.619. The van der Waals surface area contributed by atoms with Crippen molar-refractivity contribution in [3.05, 3.63) is 30.1 Å². The number of nitrogens with one attached hydrogen (secondary N) is 1. The fourth-order valence-corrected chi connectivity index (χ4v) is 3.50. The normalized spacial score (nSPS) is 28.2. The summed E-state index contributed by atoms with van der Waals surface area (Å²) in [5.74, 6) is 6.54. The summed E-state index contributed by atoms with van der Waals surface area (Å²) in [5, 5.41) is 0. The fraction of sp³-hybridized carbons (Fsp3) is 0.688. The van der Waals surface area contributed by atoms with Gasteiger partial charge in [-0.15, -0.1) is 0 Å². The molecular weight excluding hydrogens is 250 g/mol. The molecule has 0 aliphatic heterocycles. The molecule has 2 rings (SSSR count). The molecule has 1 aromatic rings. The Balaban J connectivity index is 2.16. The van der Waals surface area contributed by atoms with Gasteiger partial charge < -0.3 is 4.74 Å². The molecule has 0 bridgehead atoms. The smallest absolute Gasteiger partial charge is 0.0854 e. The van der Waals surface area contributed by atoms with E-state index in [1.54, 1.807) is 0 Å². The van der Waals surface area contributed by atoms with Crippen LogP contribution in [0.15, 0.2) is 24.4 Å². The molecule has 0 amide bonds. The van der Waals surface area contributed by atoms with Crippen molar-refractivity contribution in [3.63, 3.8) is 0 Å². The van der Waals surface area contributed by atoms with Crippen LogP contribution >= 0.6 is 0 Å². The number of hydrogen-bond donors (Lipinski definition) is 2. The predicted molar refractivity (Wildman–Crippen MR) is 81.0 cm³/mol. The molecule has 1 aliphatic rings. The van der Waals surface area contributed by atoms with Gasteiger partial charge in [-0.2, -0.15) is 0 Å². The molecule has 3 unspecified atom stereocenters. The third kappa shape index (κ3) is 3.57. The van der Waals surface area contributed by atoms with Gasteiger partial charge in [0.05, 0.1) is 11.6 Å². The van der Waals surface area contributed by atoms with Crippen molar-refractivity contribution < 1.29 is 4.74 Å². The second kappa shape index (κ2) is 7.16. The minimum Gasteiger partial charge on any atom is -0.374 e. The van der Waals surface area contributed by atoms with E-state index in [1.807, 2.05) is 18.3 Å². The molecule has 0 radical (unpaired) electrons. The van der Waals surface area contributed by atoms with Gasteiger partial charge in [-0.05, 0) is 37.8 Å². The highest BCUT2D eigenvalue weighted by molar-refractivity contribution is 5.09. The minimum atomic E-state index is -0.154. The molecule has 3 atom stereocenters. The van der Waals surface area contributed by atoms with Crippen molar-refractivity contribution in [2.45, 2.75) is 57.6 Å². The maximum atomic E-state index is 6.20. The van der Waals surface area contributed by atoms with Crippen LogP contribution in [0.25, 0.3) is 0 Å². The first-order valence-corrected chi connectivity index (χ1v) is 7.70. The minimum absolute atomic E-state index is 0.111. The Morgan fingerprint density at radius 2 is 2.40 bits per heavy atom. The monoisotopic (exact) mass is 277 g/mol. The lowest BCUT2D eigenvalue weighted by atomic mass is 9.73. The number of rotatable bonds is 6. The number of hydrogen-bond acceptors (Lipinski definition) is 4. The topological polar surface area (TPSA) is 60.2 Å². The van der Waals surface area contributed by atoms with Crippen molar-refractivity contribution in [3.8, 4) is 0 Å². The molecule has 112 valence electrons. The van der Waals surface area contributed by atoms with Gasteiger partial charge in [0.1, 0.15) is 0 Å². The number of pyridine rings is 1. The van der Waals surface area contributed by atoms with Crippen LogP contribution in [0.2, 0.25) is 0 Å². The summed E-state index contributed by atoms with van der Waals surface area (Å²) in [6, 6.07) is 6.12. The van der Waals surface area contributed by atoms with Crippen molar-refractivity contribution >= 4 is 0 Å². The van der Waals surface area contributed by atoms with E-state index >= 15 is 0 Å². The maximum Gasteiger partial charge on any atom is 0.0854 e. The zero-order valence-electron chi connectivity index (χ0n) is 12.6. The van der Waals surface area contributed by atoms with Crippen molar-refractivity contribution in [2.75, 3.05) is 6.61 Å². The van der Waals surface area contributed by atoms with Gasteiger partial charge in [0.25, 0.3) is 0 Å². The summed E-state index contributed by atoms with van der Waals surface area (Å²) in [7, 11) is 0. The van der Waals surface area contributed by atoms with Crippen LogP contribution < -0.4 is 11.3 Å². The van der Waals surface area contributed by atoms with Crippen LogP contribution in [0.3, 0.4) is 0 Å². The second-order valence-electron chi connectivity index (χ2n) is 5.94. The highest BCUT2D eigenvalue weighted by atomic mass is 16.5. The van der Waals surface area contributed by atoms with E-state index in [0.717, 1.165) is 31.6 Å². The molecule has 1 aliphatic carbocycles. The van der Waals surface area contributed by atoms with Crippen molar-refractivity contribution in [1.29, 1.82) is 0 Å². The van der Waals surface area contributed by atoms with E-state index < -0.39 is 0 Å². The van der Waals surface area contributed by atoms with Crippen molar-refractivity contribution in [2.24, 2.45) is 11.8 Å². The molecule has 1 fully saturated rings. The molecule has 1 saturated carbocycles. The molecule has 1 heterocycles. The summed E-state index contributed by atoms with van der Waals surface area (Å²) < 4.78 is 6.20. The van der Waals surface area contributed by atoms with Crippen LogP contribution in [-0.4, -0.2) is 23.2 Å². The number of nitrogens with zero attached hydrogens (tertiary/aromatic N) is 1. The fourth-order valence-electron chi connectivity index (χ4n) is 3.50. The SMILES string of the molecule is CCOC1(C(Cc2ccccn2)NN)CCCC(C)C1. The van der Waals surface area contributed by atoms with Gasteiger partial charge >= 0.3 is 0 Å². The Morgan fingerprint density at radius 1 is 1.55 bits per heavy atom. The summed E-state index contributed by atoms with van der Waals surface area (Å²) in [5.41, 5.74) is 3.91. The van der Waals surface area contributed by atoms with Gasteiger partial charge in [-0.3, -0.25) is 16.3 Å². The molecular formula is C16H27N3O. The molecule has 0 aromatic carbocycles. The second-order valence-corrected chi connectivity index (χ2v) is 5.94. The van der Waals surface area contributed by atoms with Gasteiger partial charge in [-0.25, -0.2) is 0 Å². The number of hydrazine groups is 1. The van der Waals surface area contributed by atoms with Gasteiger partial charge in [0.15, 0.2) is 0 Å².